The molecule has 0 saturated heterocycles. The van der Waals surface area contributed by atoms with Crippen LogP contribution in [0.25, 0.3) is 4.96 Å². The lowest BCUT2D eigenvalue weighted by molar-refractivity contribution is 0.757. The van der Waals surface area contributed by atoms with Gasteiger partial charge in [-0.15, -0.1) is 10.2 Å². The van der Waals surface area contributed by atoms with Gasteiger partial charge in [-0.2, -0.15) is 14.7 Å². The summed E-state index contributed by atoms with van der Waals surface area (Å²) in [5.74, 6) is 0.853. The summed E-state index contributed by atoms with van der Waals surface area (Å²) in [5, 5.41) is 17.6. The van der Waals surface area contributed by atoms with Crippen LogP contribution < -0.4 is 5.73 Å². The third kappa shape index (κ3) is 1.70. The Kier molecular flexibility index (Phi) is 2.60. The Labute approximate surface area is 107 Å². The zero-order valence-corrected chi connectivity index (χ0v) is 10.9. The Morgan fingerprint density at radius 3 is 2.94 bits per heavy atom. The van der Waals surface area contributed by atoms with E-state index in [0.29, 0.717) is 0 Å². The Balaban J connectivity index is 2.01. The average Bonchev–Trinajstić information content (AvgIpc) is 3.01. The molecule has 3 aromatic rings. The maximum absolute atomic E-state index is 6.18. The fourth-order valence-electron chi connectivity index (χ4n) is 1.76. The van der Waals surface area contributed by atoms with E-state index in [2.05, 4.69) is 20.4 Å². The van der Waals surface area contributed by atoms with Crippen molar-refractivity contribution >= 4 is 16.3 Å². The van der Waals surface area contributed by atoms with Crippen molar-refractivity contribution in [3.63, 3.8) is 0 Å². The fourth-order valence-corrected chi connectivity index (χ4v) is 2.65. The number of rotatable bonds is 3. The maximum atomic E-state index is 6.18. The summed E-state index contributed by atoms with van der Waals surface area (Å²) in [6.07, 6.45) is 4.45. The first-order valence-corrected chi connectivity index (χ1v) is 6.46. The molecule has 7 nitrogen and oxygen atoms in total. The lowest BCUT2D eigenvalue weighted by atomic mass is 10.2. The molecule has 8 heteroatoms. The Morgan fingerprint density at radius 2 is 2.28 bits per heavy atom. The number of aryl methyl sites for hydroxylation is 2. The van der Waals surface area contributed by atoms with Gasteiger partial charge in [0.2, 0.25) is 4.96 Å². The van der Waals surface area contributed by atoms with Crippen LogP contribution >= 0.6 is 11.3 Å². The predicted molar refractivity (Wildman–Crippen MR) is 67.3 cm³/mol. The summed E-state index contributed by atoms with van der Waals surface area (Å²) in [6, 6.07) is -0.268. The largest absolute Gasteiger partial charge is 0.318 e. The van der Waals surface area contributed by atoms with Crippen LogP contribution in [0.5, 0.6) is 0 Å². The molecule has 0 aliphatic rings. The normalized spacial score (nSPS) is 13.3. The van der Waals surface area contributed by atoms with Crippen molar-refractivity contribution in [3.8, 4) is 0 Å². The molecule has 18 heavy (non-hydrogen) atoms. The first kappa shape index (κ1) is 11.3. The molecule has 0 saturated carbocycles. The van der Waals surface area contributed by atoms with Crippen LogP contribution in [0.15, 0.2) is 12.4 Å². The minimum absolute atomic E-state index is 0.268. The minimum Gasteiger partial charge on any atom is -0.318 e. The molecule has 1 atom stereocenters. The lowest BCUT2D eigenvalue weighted by Gasteiger charge is -2.03. The Morgan fingerprint density at radius 1 is 1.44 bits per heavy atom. The molecule has 0 spiro atoms. The Hall–Kier alpha value is -1.80. The zero-order valence-electron chi connectivity index (χ0n) is 10.1. The van der Waals surface area contributed by atoms with Gasteiger partial charge in [0.1, 0.15) is 5.01 Å². The second kappa shape index (κ2) is 4.14. The number of fused-ring (bicyclic) bond motifs is 1. The van der Waals surface area contributed by atoms with Crippen molar-refractivity contribution in [2.24, 2.45) is 12.8 Å². The molecule has 0 radical (unpaired) electrons. The molecule has 0 aliphatic heterocycles. The maximum Gasteiger partial charge on any atom is 0.234 e. The first-order valence-electron chi connectivity index (χ1n) is 5.64. The SMILES string of the molecule is CCc1nnc2sc(C(N)c3cnn(C)c3)nn12. The van der Waals surface area contributed by atoms with E-state index < -0.39 is 0 Å². The number of nitrogens with two attached hydrogens (primary N) is 1. The molecule has 94 valence electrons. The molecule has 0 fully saturated rings. The molecule has 3 rings (SSSR count). The van der Waals surface area contributed by atoms with Crippen molar-refractivity contribution in [1.29, 1.82) is 0 Å². The van der Waals surface area contributed by atoms with Gasteiger partial charge in [0, 0.05) is 25.2 Å². The molecular formula is C10H13N7S. The highest BCUT2D eigenvalue weighted by atomic mass is 32.1. The molecular weight excluding hydrogens is 250 g/mol. The van der Waals surface area contributed by atoms with Crippen molar-refractivity contribution < 1.29 is 0 Å². The van der Waals surface area contributed by atoms with Crippen LogP contribution in [0.4, 0.5) is 0 Å². The van der Waals surface area contributed by atoms with E-state index in [9.17, 15) is 0 Å². The van der Waals surface area contributed by atoms with Crippen LogP contribution in [-0.2, 0) is 13.5 Å². The van der Waals surface area contributed by atoms with E-state index in [1.54, 1.807) is 15.4 Å². The molecule has 2 N–H and O–H groups in total. The molecule has 0 aliphatic carbocycles. The van der Waals surface area contributed by atoms with E-state index in [1.807, 2.05) is 20.2 Å². The highest BCUT2D eigenvalue weighted by Gasteiger charge is 2.18. The summed E-state index contributed by atoms with van der Waals surface area (Å²) in [4.78, 5) is 0.779. The standard InChI is InChI=1S/C10H13N7S/c1-3-7-13-14-10-17(7)15-9(18-10)8(11)6-4-12-16(2)5-6/h4-5,8H,3,11H2,1-2H3. The second-order valence-corrected chi connectivity index (χ2v) is 5.02. The van der Waals surface area contributed by atoms with Gasteiger partial charge in [0.15, 0.2) is 5.82 Å². The Bertz CT molecular complexity index is 679. The zero-order chi connectivity index (χ0) is 12.7. The van der Waals surface area contributed by atoms with E-state index in [4.69, 9.17) is 5.73 Å². The molecule has 3 aromatic heterocycles. The van der Waals surface area contributed by atoms with Gasteiger partial charge in [-0.25, -0.2) is 0 Å². The molecule has 0 aromatic carbocycles. The minimum atomic E-state index is -0.268. The van der Waals surface area contributed by atoms with Crippen LogP contribution in [-0.4, -0.2) is 29.6 Å². The van der Waals surface area contributed by atoms with Gasteiger partial charge in [-0.1, -0.05) is 18.3 Å². The predicted octanol–water partition coefficient (Wildman–Crippen LogP) is 0.530. The lowest BCUT2D eigenvalue weighted by Crippen LogP contribution is -2.11. The smallest absolute Gasteiger partial charge is 0.234 e. The van der Waals surface area contributed by atoms with Gasteiger partial charge in [-0.3, -0.25) is 4.68 Å². The van der Waals surface area contributed by atoms with Crippen molar-refractivity contribution in [2.45, 2.75) is 19.4 Å². The summed E-state index contributed by atoms with van der Waals surface area (Å²) in [5.41, 5.74) is 7.12. The third-order valence-electron chi connectivity index (χ3n) is 2.74. The highest BCUT2D eigenvalue weighted by Crippen LogP contribution is 2.24. The molecule has 1 unspecified atom stereocenters. The number of nitrogens with zero attached hydrogens (tertiary/aromatic N) is 6. The average molecular weight is 263 g/mol. The highest BCUT2D eigenvalue weighted by molar-refractivity contribution is 7.16. The van der Waals surface area contributed by atoms with Gasteiger partial charge >= 0.3 is 0 Å². The van der Waals surface area contributed by atoms with Crippen molar-refractivity contribution in [3.05, 3.63) is 28.8 Å². The first-order chi connectivity index (χ1) is 8.69. The van der Waals surface area contributed by atoms with Crippen LogP contribution in [0.3, 0.4) is 0 Å². The third-order valence-corrected chi connectivity index (χ3v) is 3.72. The molecule has 0 bridgehead atoms. The van der Waals surface area contributed by atoms with Crippen LogP contribution in [0, 0.1) is 0 Å². The number of hydrogen-bond acceptors (Lipinski definition) is 6. The van der Waals surface area contributed by atoms with E-state index >= 15 is 0 Å². The summed E-state index contributed by atoms with van der Waals surface area (Å²) >= 11 is 1.46. The summed E-state index contributed by atoms with van der Waals surface area (Å²) in [6.45, 7) is 2.02. The summed E-state index contributed by atoms with van der Waals surface area (Å²) < 4.78 is 3.49. The van der Waals surface area contributed by atoms with Gasteiger partial charge in [0.05, 0.1) is 12.2 Å². The topological polar surface area (TPSA) is 86.9 Å². The van der Waals surface area contributed by atoms with E-state index in [-0.39, 0.29) is 6.04 Å². The van der Waals surface area contributed by atoms with Crippen molar-refractivity contribution in [2.75, 3.05) is 0 Å². The van der Waals surface area contributed by atoms with Gasteiger partial charge in [0.25, 0.3) is 0 Å². The fraction of sp³-hybridized carbons (Fsp3) is 0.400. The number of hydrogen-bond donors (Lipinski definition) is 1. The second-order valence-electron chi connectivity index (χ2n) is 4.03. The monoisotopic (exact) mass is 263 g/mol. The van der Waals surface area contributed by atoms with Crippen LogP contribution in [0.1, 0.15) is 29.4 Å². The quantitative estimate of drug-likeness (QED) is 0.744. The van der Waals surface area contributed by atoms with E-state index in [1.165, 1.54) is 11.3 Å². The summed E-state index contributed by atoms with van der Waals surface area (Å²) in [7, 11) is 1.87. The van der Waals surface area contributed by atoms with Gasteiger partial charge in [-0.05, 0) is 0 Å². The van der Waals surface area contributed by atoms with Gasteiger partial charge < -0.3 is 5.73 Å². The van der Waals surface area contributed by atoms with Crippen LogP contribution in [0.2, 0.25) is 0 Å². The van der Waals surface area contributed by atoms with E-state index in [0.717, 1.165) is 27.8 Å². The van der Waals surface area contributed by atoms with Crippen molar-refractivity contribution in [1.82, 2.24) is 29.6 Å². The molecule has 0 amide bonds. The molecule has 3 heterocycles. The number of aromatic nitrogens is 6.